The Bertz CT molecular complexity index is 951. The van der Waals surface area contributed by atoms with E-state index in [1.54, 1.807) is 17.0 Å². The van der Waals surface area contributed by atoms with Gasteiger partial charge in [-0.3, -0.25) is 9.69 Å². The van der Waals surface area contributed by atoms with Crippen LogP contribution in [0.25, 0.3) is 6.08 Å². The lowest BCUT2D eigenvalue weighted by atomic mass is 10.1. The number of halogens is 1. The number of hydrogen-bond donors (Lipinski definition) is 0. The van der Waals surface area contributed by atoms with Crippen LogP contribution >= 0.6 is 23.4 Å². The van der Waals surface area contributed by atoms with Crippen molar-refractivity contribution < 1.29 is 9.53 Å². The van der Waals surface area contributed by atoms with E-state index in [4.69, 9.17) is 16.3 Å². The third kappa shape index (κ3) is 4.89. The fraction of sp³-hybridized carbons (Fsp3) is 0.304. The zero-order valence-corrected chi connectivity index (χ0v) is 18.5. The highest BCUT2D eigenvalue weighted by Crippen LogP contribution is 2.34. The summed E-state index contributed by atoms with van der Waals surface area (Å²) in [7, 11) is 0. The van der Waals surface area contributed by atoms with E-state index >= 15 is 0 Å². The molecular weight excluding hydrogens is 418 g/mol. The van der Waals surface area contributed by atoms with Crippen LogP contribution in [0.15, 0.2) is 58.4 Å². The summed E-state index contributed by atoms with van der Waals surface area (Å²) in [6, 6.07) is 15.7. The predicted molar refractivity (Wildman–Crippen MR) is 126 cm³/mol. The zero-order valence-electron chi connectivity index (χ0n) is 16.9. The molecule has 0 bridgehead atoms. The number of amides is 1. The highest BCUT2D eigenvalue weighted by atomic mass is 35.5. The van der Waals surface area contributed by atoms with Crippen LogP contribution in [0.4, 0.5) is 11.4 Å². The fourth-order valence-corrected chi connectivity index (χ4v) is 4.54. The molecule has 0 atom stereocenters. The average Bonchev–Trinajstić information content (AvgIpc) is 3.06. The first kappa shape index (κ1) is 21.0. The molecule has 0 unspecified atom stereocenters. The van der Waals surface area contributed by atoms with Crippen LogP contribution in [0, 0.1) is 0 Å². The van der Waals surface area contributed by atoms with E-state index < -0.39 is 0 Å². The van der Waals surface area contributed by atoms with E-state index in [0.29, 0.717) is 21.6 Å². The van der Waals surface area contributed by atoms with Gasteiger partial charge in [0.05, 0.1) is 23.8 Å². The minimum atomic E-state index is 0.00631. The van der Waals surface area contributed by atoms with Gasteiger partial charge in [0.25, 0.3) is 5.91 Å². The van der Waals surface area contributed by atoms with Crippen molar-refractivity contribution in [2.75, 3.05) is 37.7 Å². The molecule has 30 heavy (non-hydrogen) atoms. The van der Waals surface area contributed by atoms with Crippen LogP contribution in [0.1, 0.15) is 18.9 Å². The van der Waals surface area contributed by atoms with Crippen LogP contribution in [0.5, 0.6) is 0 Å². The number of rotatable bonds is 5. The van der Waals surface area contributed by atoms with Crippen molar-refractivity contribution in [3.05, 3.63) is 64.0 Å². The summed E-state index contributed by atoms with van der Waals surface area (Å²) in [5.74, 6) is 0.00631. The molecule has 2 fully saturated rings. The van der Waals surface area contributed by atoms with Gasteiger partial charge < -0.3 is 9.64 Å². The third-order valence-electron chi connectivity index (χ3n) is 4.95. The molecule has 0 aromatic heterocycles. The topological polar surface area (TPSA) is 45.1 Å². The summed E-state index contributed by atoms with van der Waals surface area (Å²) in [4.78, 5) is 22.4. The molecule has 156 valence electrons. The third-order valence-corrected chi connectivity index (χ3v) is 6.21. The smallest absolute Gasteiger partial charge is 0.266 e. The van der Waals surface area contributed by atoms with Crippen molar-refractivity contribution in [1.82, 2.24) is 4.90 Å². The quantitative estimate of drug-likeness (QED) is 0.599. The van der Waals surface area contributed by atoms with Crippen molar-refractivity contribution in [2.45, 2.75) is 13.3 Å². The number of nitrogens with zero attached hydrogens (tertiary/aromatic N) is 3. The average molecular weight is 442 g/mol. The molecule has 0 N–H and O–H groups in total. The number of hydrogen-bond acceptors (Lipinski definition) is 5. The van der Waals surface area contributed by atoms with Gasteiger partial charge in [0.1, 0.15) is 0 Å². The molecule has 2 aliphatic rings. The summed E-state index contributed by atoms with van der Waals surface area (Å²) in [6.45, 7) is 6.05. The van der Waals surface area contributed by atoms with Gasteiger partial charge in [-0.2, -0.15) is 0 Å². The van der Waals surface area contributed by atoms with Crippen LogP contribution in [-0.2, 0) is 9.53 Å². The second kappa shape index (κ2) is 9.69. The number of anilines is 1. The maximum atomic E-state index is 13.0. The molecular formula is C23H24ClN3O2S. The molecule has 2 saturated heterocycles. The van der Waals surface area contributed by atoms with Gasteiger partial charge in [-0.25, -0.2) is 4.99 Å². The van der Waals surface area contributed by atoms with Gasteiger partial charge in [-0.05, 0) is 66.2 Å². The maximum Gasteiger partial charge on any atom is 0.266 e. The molecule has 5 nitrogen and oxygen atoms in total. The van der Waals surface area contributed by atoms with E-state index in [2.05, 4.69) is 41.1 Å². The van der Waals surface area contributed by atoms with E-state index in [-0.39, 0.29) is 5.91 Å². The van der Waals surface area contributed by atoms with Crippen LogP contribution in [0.3, 0.4) is 0 Å². The number of ether oxygens (including phenoxy) is 1. The Hall–Kier alpha value is -2.28. The molecule has 0 spiro atoms. The van der Waals surface area contributed by atoms with Crippen molar-refractivity contribution in [3.8, 4) is 0 Å². The van der Waals surface area contributed by atoms with Gasteiger partial charge in [0, 0.05) is 30.3 Å². The lowest BCUT2D eigenvalue weighted by molar-refractivity contribution is -0.122. The van der Waals surface area contributed by atoms with Crippen LogP contribution in [-0.4, -0.2) is 48.8 Å². The molecule has 0 radical (unpaired) electrons. The van der Waals surface area contributed by atoms with Gasteiger partial charge >= 0.3 is 0 Å². The Morgan fingerprint density at radius 3 is 2.47 bits per heavy atom. The minimum absolute atomic E-state index is 0.00631. The Kier molecular flexibility index (Phi) is 6.77. The highest BCUT2D eigenvalue weighted by molar-refractivity contribution is 8.18. The standard InChI is InChI=1S/C23H24ClN3O2S/c1-2-11-27-22(28)21(30-23(27)25-19-7-5-18(24)6-8-19)16-17-3-9-20(10-4-17)26-12-14-29-15-13-26/h3-10,16H,2,11-15H2,1H3/b21-16-,25-23?. The monoisotopic (exact) mass is 441 g/mol. The Balaban J connectivity index is 1.55. The Labute approximate surface area is 186 Å². The molecule has 2 aromatic carbocycles. The van der Waals surface area contributed by atoms with E-state index in [1.807, 2.05) is 18.2 Å². The number of thioether (sulfide) groups is 1. The second-order valence-corrected chi connectivity index (χ2v) is 8.57. The fourth-order valence-electron chi connectivity index (χ4n) is 3.39. The second-order valence-electron chi connectivity index (χ2n) is 7.13. The van der Waals surface area contributed by atoms with E-state index in [1.165, 1.54) is 17.4 Å². The first-order valence-corrected chi connectivity index (χ1v) is 11.3. The summed E-state index contributed by atoms with van der Waals surface area (Å²) in [5.41, 5.74) is 2.97. The van der Waals surface area contributed by atoms with E-state index in [0.717, 1.165) is 44.0 Å². The molecule has 2 aliphatic heterocycles. The molecule has 0 saturated carbocycles. The summed E-state index contributed by atoms with van der Waals surface area (Å²) in [5, 5.41) is 1.38. The van der Waals surface area contributed by atoms with Gasteiger partial charge in [-0.1, -0.05) is 30.7 Å². The largest absolute Gasteiger partial charge is 0.378 e. The molecule has 0 aliphatic carbocycles. The molecule has 2 heterocycles. The lowest BCUT2D eigenvalue weighted by Crippen LogP contribution is -2.36. The summed E-state index contributed by atoms with van der Waals surface area (Å²) >= 11 is 7.39. The number of amidine groups is 1. The van der Waals surface area contributed by atoms with Gasteiger partial charge in [0.2, 0.25) is 0 Å². The summed E-state index contributed by atoms with van der Waals surface area (Å²) in [6.07, 6.45) is 2.82. The first-order chi connectivity index (χ1) is 14.6. The minimum Gasteiger partial charge on any atom is -0.378 e. The van der Waals surface area contributed by atoms with Crippen molar-refractivity contribution >= 4 is 51.9 Å². The molecule has 4 rings (SSSR count). The maximum absolute atomic E-state index is 13.0. The Morgan fingerprint density at radius 2 is 1.80 bits per heavy atom. The summed E-state index contributed by atoms with van der Waals surface area (Å²) < 4.78 is 5.42. The normalized spacial score (nSPS) is 19.9. The van der Waals surface area contributed by atoms with Crippen molar-refractivity contribution in [3.63, 3.8) is 0 Å². The molecule has 1 amide bonds. The van der Waals surface area contributed by atoms with Crippen LogP contribution in [0.2, 0.25) is 5.02 Å². The number of morpholine rings is 1. The van der Waals surface area contributed by atoms with Crippen LogP contribution < -0.4 is 4.90 Å². The number of aliphatic imine (C=N–C) groups is 1. The predicted octanol–water partition coefficient (Wildman–Crippen LogP) is 5.19. The number of carbonyl (C=O) groups is 1. The van der Waals surface area contributed by atoms with E-state index in [9.17, 15) is 4.79 Å². The van der Waals surface area contributed by atoms with Gasteiger partial charge in [-0.15, -0.1) is 0 Å². The molecule has 2 aromatic rings. The van der Waals surface area contributed by atoms with Crippen molar-refractivity contribution in [2.24, 2.45) is 4.99 Å². The number of benzene rings is 2. The zero-order chi connectivity index (χ0) is 20.9. The first-order valence-electron chi connectivity index (χ1n) is 10.1. The van der Waals surface area contributed by atoms with Crippen molar-refractivity contribution in [1.29, 1.82) is 0 Å². The van der Waals surface area contributed by atoms with Gasteiger partial charge in [0.15, 0.2) is 5.17 Å². The number of carbonyl (C=O) groups excluding carboxylic acids is 1. The molecule has 7 heteroatoms. The Morgan fingerprint density at radius 1 is 1.10 bits per heavy atom. The highest BCUT2D eigenvalue weighted by Gasteiger charge is 2.32. The lowest BCUT2D eigenvalue weighted by Gasteiger charge is -2.28. The SMILES string of the molecule is CCCN1C(=O)/C(=C/c2ccc(N3CCOCC3)cc2)SC1=Nc1ccc(Cl)cc1.